The molecule has 0 aromatic carbocycles. The minimum Gasteiger partial charge on any atom is -0.462 e. The zero-order valence-electron chi connectivity index (χ0n) is 51.7. The van der Waals surface area contributed by atoms with E-state index in [2.05, 4.69) is 99.8 Å². The second-order valence-electron chi connectivity index (χ2n) is 22.4. The Morgan fingerprint density at radius 1 is 0.269 bits per heavy atom. The van der Waals surface area contributed by atoms with E-state index < -0.39 is 6.10 Å². The van der Waals surface area contributed by atoms with Crippen molar-refractivity contribution >= 4 is 17.9 Å². The molecule has 0 aromatic rings. The van der Waals surface area contributed by atoms with Crippen molar-refractivity contribution in [1.29, 1.82) is 0 Å². The van der Waals surface area contributed by atoms with E-state index in [9.17, 15) is 14.4 Å². The Balaban J connectivity index is 4.27. The Labute approximate surface area is 484 Å². The molecular formula is C72H126O6. The first-order valence-electron chi connectivity index (χ1n) is 33.6. The number of rotatable bonds is 61. The Morgan fingerprint density at radius 2 is 0.526 bits per heavy atom. The average molecular weight is 1090 g/mol. The summed E-state index contributed by atoms with van der Waals surface area (Å²) in [5.41, 5.74) is 0. The second kappa shape index (κ2) is 66.1. The van der Waals surface area contributed by atoms with E-state index in [0.29, 0.717) is 19.3 Å². The largest absolute Gasteiger partial charge is 0.462 e. The summed E-state index contributed by atoms with van der Waals surface area (Å²) in [5, 5.41) is 0. The number of hydrogen-bond acceptors (Lipinski definition) is 6. The summed E-state index contributed by atoms with van der Waals surface area (Å²) >= 11 is 0. The average Bonchev–Trinajstić information content (AvgIpc) is 3.44. The third kappa shape index (κ3) is 63.4. The molecule has 0 rings (SSSR count). The van der Waals surface area contributed by atoms with Crippen LogP contribution in [0.2, 0.25) is 0 Å². The smallest absolute Gasteiger partial charge is 0.306 e. The number of carbonyl (C=O) groups is 3. The fraction of sp³-hybridized carbons (Fsp3) is 0.764. The molecule has 0 saturated carbocycles. The van der Waals surface area contributed by atoms with Gasteiger partial charge in [-0.2, -0.15) is 0 Å². The molecule has 6 heteroatoms. The lowest BCUT2D eigenvalue weighted by atomic mass is 10.0. The van der Waals surface area contributed by atoms with Gasteiger partial charge in [0.2, 0.25) is 0 Å². The maximum Gasteiger partial charge on any atom is 0.306 e. The lowest BCUT2D eigenvalue weighted by molar-refractivity contribution is -0.166. The molecule has 78 heavy (non-hydrogen) atoms. The van der Waals surface area contributed by atoms with Gasteiger partial charge in [0, 0.05) is 19.3 Å². The van der Waals surface area contributed by atoms with Crippen LogP contribution in [-0.2, 0) is 28.6 Å². The molecule has 0 saturated heterocycles. The van der Waals surface area contributed by atoms with Crippen molar-refractivity contribution in [2.45, 2.75) is 341 Å². The summed E-state index contributed by atoms with van der Waals surface area (Å²) in [6.07, 6.45) is 87.7. The molecule has 1 unspecified atom stereocenters. The van der Waals surface area contributed by atoms with E-state index in [4.69, 9.17) is 14.2 Å². The third-order valence-corrected chi connectivity index (χ3v) is 14.6. The van der Waals surface area contributed by atoms with Crippen molar-refractivity contribution in [2.75, 3.05) is 13.2 Å². The van der Waals surface area contributed by atoms with Crippen molar-refractivity contribution in [3.8, 4) is 0 Å². The maximum absolute atomic E-state index is 12.9. The summed E-state index contributed by atoms with van der Waals surface area (Å²) in [4.78, 5) is 38.3. The molecule has 0 N–H and O–H groups in total. The van der Waals surface area contributed by atoms with E-state index in [1.807, 2.05) is 6.08 Å². The number of carbonyl (C=O) groups excluding carboxylic acids is 3. The summed E-state index contributed by atoms with van der Waals surface area (Å²) in [7, 11) is 0. The normalized spacial score (nSPS) is 12.6. The quantitative estimate of drug-likeness (QED) is 0.0261. The van der Waals surface area contributed by atoms with Crippen molar-refractivity contribution < 1.29 is 28.6 Å². The molecule has 0 aromatic heterocycles. The second-order valence-corrected chi connectivity index (χ2v) is 22.4. The van der Waals surface area contributed by atoms with Crippen LogP contribution in [0.3, 0.4) is 0 Å². The molecule has 0 heterocycles. The number of allylic oxidation sites excluding steroid dienone is 14. The third-order valence-electron chi connectivity index (χ3n) is 14.6. The van der Waals surface area contributed by atoms with Gasteiger partial charge in [0.05, 0.1) is 0 Å². The molecule has 0 amide bonds. The first-order chi connectivity index (χ1) is 38.5. The lowest BCUT2D eigenvalue weighted by Gasteiger charge is -2.18. The molecule has 1 atom stereocenters. The van der Waals surface area contributed by atoms with E-state index in [1.54, 1.807) is 0 Å². The van der Waals surface area contributed by atoms with Crippen LogP contribution in [0.4, 0.5) is 0 Å². The van der Waals surface area contributed by atoms with Crippen LogP contribution >= 0.6 is 0 Å². The van der Waals surface area contributed by atoms with Gasteiger partial charge in [0.25, 0.3) is 0 Å². The Bertz CT molecular complexity index is 1480. The Hall–Kier alpha value is -3.41. The van der Waals surface area contributed by atoms with Crippen molar-refractivity contribution in [3.05, 3.63) is 85.1 Å². The minimum atomic E-state index is -0.813. The van der Waals surface area contributed by atoms with E-state index in [-0.39, 0.29) is 37.5 Å². The molecule has 0 aliphatic carbocycles. The SMILES string of the molecule is CC/C=C\C/C=C\C/C=C\C/C=C\CCC(=O)OCC(COC(=O)CCCCCCCCCCCCCCCCCCCCCCCCCCCCCC)OC(=O)CCCCCCCC/C=C\C/C=C\C/C=C\CCCCC. The molecule has 6 nitrogen and oxygen atoms in total. The van der Waals surface area contributed by atoms with Gasteiger partial charge in [-0.05, 0) is 83.5 Å². The first kappa shape index (κ1) is 74.6. The molecule has 0 fully saturated rings. The number of esters is 3. The zero-order valence-corrected chi connectivity index (χ0v) is 51.7. The Morgan fingerprint density at radius 3 is 0.885 bits per heavy atom. The van der Waals surface area contributed by atoms with Crippen LogP contribution in [0.25, 0.3) is 0 Å². The molecule has 0 aliphatic heterocycles. The Kier molecular flexibility index (Phi) is 63.2. The highest BCUT2D eigenvalue weighted by Gasteiger charge is 2.19. The van der Waals surface area contributed by atoms with E-state index >= 15 is 0 Å². The number of unbranched alkanes of at least 4 members (excludes halogenated alkanes) is 36. The van der Waals surface area contributed by atoms with Crippen molar-refractivity contribution in [3.63, 3.8) is 0 Å². The summed E-state index contributed by atoms with van der Waals surface area (Å²) in [5.74, 6) is -0.986. The molecule has 0 radical (unpaired) electrons. The molecule has 0 bridgehead atoms. The fourth-order valence-corrected chi connectivity index (χ4v) is 9.64. The summed E-state index contributed by atoms with van der Waals surface area (Å²) < 4.78 is 16.9. The predicted octanol–water partition coefficient (Wildman–Crippen LogP) is 23.1. The monoisotopic (exact) mass is 1090 g/mol. The van der Waals surface area contributed by atoms with Crippen LogP contribution in [0, 0.1) is 0 Å². The van der Waals surface area contributed by atoms with Gasteiger partial charge in [-0.15, -0.1) is 0 Å². The standard InChI is InChI=1S/C72H126O6/c1-4-7-10-13-16-19-22-25-27-29-31-32-33-34-35-36-37-38-39-41-42-44-47-50-53-56-59-62-65-71(74)77-68-69(67-76-70(73)64-61-58-55-52-49-46-24-21-18-15-12-9-6-3)78-72(75)66-63-60-57-54-51-48-45-43-40-30-28-26-23-20-17-14-11-8-5-2/h9,12,17-18,20-21,26,28,40,43,46,49,55,58,69H,4-8,10-11,13-16,19,22-25,27,29-39,41-42,44-45,47-48,50-54,56-57,59-68H2,1-3H3/b12-9-,20-17-,21-18-,28-26-,43-40-,49-46-,58-55-. The minimum absolute atomic E-state index is 0.102. The van der Waals surface area contributed by atoms with Crippen molar-refractivity contribution in [2.24, 2.45) is 0 Å². The molecular weight excluding hydrogens is 961 g/mol. The topological polar surface area (TPSA) is 78.9 Å². The van der Waals surface area contributed by atoms with Crippen LogP contribution < -0.4 is 0 Å². The van der Waals surface area contributed by atoms with Crippen LogP contribution in [0.15, 0.2) is 85.1 Å². The maximum atomic E-state index is 12.9. The highest BCUT2D eigenvalue weighted by molar-refractivity contribution is 5.71. The predicted molar refractivity (Wildman–Crippen MR) is 339 cm³/mol. The van der Waals surface area contributed by atoms with Gasteiger partial charge in [-0.3, -0.25) is 14.4 Å². The van der Waals surface area contributed by atoms with E-state index in [0.717, 1.165) is 89.9 Å². The van der Waals surface area contributed by atoms with Crippen LogP contribution in [0.1, 0.15) is 335 Å². The highest BCUT2D eigenvalue weighted by Crippen LogP contribution is 2.18. The van der Waals surface area contributed by atoms with Gasteiger partial charge < -0.3 is 14.2 Å². The summed E-state index contributed by atoms with van der Waals surface area (Å²) in [6.45, 7) is 6.46. The van der Waals surface area contributed by atoms with Gasteiger partial charge >= 0.3 is 17.9 Å². The lowest BCUT2D eigenvalue weighted by Crippen LogP contribution is -2.30. The molecule has 0 aliphatic rings. The number of hydrogen-bond donors (Lipinski definition) is 0. The fourth-order valence-electron chi connectivity index (χ4n) is 9.64. The van der Waals surface area contributed by atoms with Gasteiger partial charge in [0.15, 0.2) is 6.10 Å². The van der Waals surface area contributed by atoms with Crippen LogP contribution in [-0.4, -0.2) is 37.2 Å². The molecule has 0 spiro atoms. The van der Waals surface area contributed by atoms with E-state index in [1.165, 1.54) is 199 Å². The van der Waals surface area contributed by atoms with Crippen LogP contribution in [0.5, 0.6) is 0 Å². The first-order valence-corrected chi connectivity index (χ1v) is 33.6. The summed E-state index contributed by atoms with van der Waals surface area (Å²) in [6, 6.07) is 0. The number of ether oxygens (including phenoxy) is 3. The van der Waals surface area contributed by atoms with Gasteiger partial charge in [-0.25, -0.2) is 0 Å². The van der Waals surface area contributed by atoms with Gasteiger partial charge in [0.1, 0.15) is 13.2 Å². The van der Waals surface area contributed by atoms with Gasteiger partial charge in [-0.1, -0.05) is 318 Å². The molecule has 450 valence electrons. The highest BCUT2D eigenvalue weighted by atomic mass is 16.6. The zero-order chi connectivity index (χ0) is 56.4. The van der Waals surface area contributed by atoms with Crippen molar-refractivity contribution in [1.82, 2.24) is 0 Å².